The highest BCUT2D eigenvalue weighted by molar-refractivity contribution is 5.86. The fraction of sp³-hybridized carbons (Fsp3) is 0.500. The summed E-state index contributed by atoms with van der Waals surface area (Å²) in [5, 5.41) is 12.3. The predicted octanol–water partition coefficient (Wildman–Crippen LogP) is 2.74. The molecule has 3 nitrogen and oxygen atoms in total. The summed E-state index contributed by atoms with van der Waals surface area (Å²) in [4.78, 5) is 12.2. The molecule has 1 aromatic rings. The number of amides is 1. The lowest BCUT2D eigenvalue weighted by molar-refractivity contribution is -0.133. The molecule has 0 bridgehead atoms. The Balaban J connectivity index is 1.65. The van der Waals surface area contributed by atoms with Gasteiger partial charge in [0.2, 0.25) is 5.91 Å². The number of carbonyl (C=O) groups excluding carboxylic acids is 1. The molecular formula is C16H18N2O. The molecule has 0 radical (unpaired) electrons. The quantitative estimate of drug-likeness (QED) is 0.901. The molecule has 2 fully saturated rings. The zero-order valence-corrected chi connectivity index (χ0v) is 10.9. The van der Waals surface area contributed by atoms with Crippen molar-refractivity contribution in [1.82, 2.24) is 5.32 Å². The van der Waals surface area contributed by atoms with Crippen LogP contribution in [0.4, 0.5) is 0 Å². The van der Waals surface area contributed by atoms with E-state index in [0.29, 0.717) is 5.92 Å². The average molecular weight is 254 g/mol. The predicted molar refractivity (Wildman–Crippen MR) is 72.2 cm³/mol. The minimum atomic E-state index is -0.725. The van der Waals surface area contributed by atoms with Crippen molar-refractivity contribution in [3.8, 4) is 6.07 Å². The summed E-state index contributed by atoms with van der Waals surface area (Å²) < 4.78 is 0. The molecule has 0 aliphatic heterocycles. The fourth-order valence-electron chi connectivity index (χ4n) is 3.00. The van der Waals surface area contributed by atoms with Gasteiger partial charge in [0, 0.05) is 12.0 Å². The van der Waals surface area contributed by atoms with Crippen LogP contribution < -0.4 is 5.32 Å². The molecule has 2 aliphatic rings. The van der Waals surface area contributed by atoms with E-state index in [-0.39, 0.29) is 11.9 Å². The van der Waals surface area contributed by atoms with Crippen LogP contribution in [0.1, 0.15) is 43.6 Å². The Kier molecular flexibility index (Phi) is 3.02. The lowest BCUT2D eigenvalue weighted by Crippen LogP contribution is -2.52. The number of nitrogens with zero attached hydrogens (tertiary/aromatic N) is 1. The van der Waals surface area contributed by atoms with Crippen molar-refractivity contribution in [2.75, 3.05) is 0 Å². The molecule has 0 unspecified atom stereocenters. The van der Waals surface area contributed by atoms with Crippen LogP contribution in [0.3, 0.4) is 0 Å². The largest absolute Gasteiger partial charge is 0.351 e. The number of hydrogen-bond acceptors (Lipinski definition) is 2. The highest BCUT2D eigenvalue weighted by Crippen LogP contribution is 2.42. The number of nitriles is 1. The molecule has 3 heteroatoms. The van der Waals surface area contributed by atoms with Crippen LogP contribution in [0.5, 0.6) is 0 Å². The molecule has 1 aromatic carbocycles. The molecule has 2 aliphatic carbocycles. The third-order valence-electron chi connectivity index (χ3n) is 4.67. The van der Waals surface area contributed by atoms with Crippen LogP contribution >= 0.6 is 0 Å². The summed E-state index contributed by atoms with van der Waals surface area (Å²) in [5.41, 5.74) is 0.565. The van der Waals surface area contributed by atoms with Crippen LogP contribution in [0.25, 0.3) is 0 Å². The van der Waals surface area contributed by atoms with E-state index in [2.05, 4.69) is 23.5 Å². The zero-order chi connectivity index (χ0) is 13.3. The summed E-state index contributed by atoms with van der Waals surface area (Å²) in [7, 11) is 0. The van der Waals surface area contributed by atoms with E-state index in [1.165, 1.54) is 5.56 Å². The molecule has 2 saturated carbocycles. The first-order chi connectivity index (χ1) is 9.25. The molecule has 19 heavy (non-hydrogen) atoms. The number of nitrogens with one attached hydrogen (secondary N) is 1. The first-order valence-corrected chi connectivity index (χ1v) is 7.02. The maximum absolute atomic E-state index is 12.2. The van der Waals surface area contributed by atoms with E-state index in [0.717, 1.165) is 32.1 Å². The first kappa shape index (κ1) is 12.2. The van der Waals surface area contributed by atoms with Gasteiger partial charge in [0.15, 0.2) is 0 Å². The minimum Gasteiger partial charge on any atom is -0.351 e. The van der Waals surface area contributed by atoms with Crippen molar-refractivity contribution in [3.05, 3.63) is 35.9 Å². The molecule has 2 atom stereocenters. The molecule has 0 heterocycles. The summed E-state index contributed by atoms with van der Waals surface area (Å²) >= 11 is 0. The monoisotopic (exact) mass is 254 g/mol. The number of carbonyl (C=O) groups is 1. The third-order valence-corrected chi connectivity index (χ3v) is 4.67. The molecular weight excluding hydrogens is 236 g/mol. The lowest BCUT2D eigenvalue weighted by atomic mass is 9.68. The van der Waals surface area contributed by atoms with Crippen molar-refractivity contribution in [2.24, 2.45) is 5.41 Å². The molecule has 1 N–H and O–H groups in total. The number of rotatable bonds is 3. The lowest BCUT2D eigenvalue weighted by Gasteiger charge is -2.41. The van der Waals surface area contributed by atoms with Gasteiger partial charge in [0.25, 0.3) is 0 Å². The van der Waals surface area contributed by atoms with E-state index in [1.807, 2.05) is 18.2 Å². The van der Waals surface area contributed by atoms with E-state index in [9.17, 15) is 10.1 Å². The van der Waals surface area contributed by atoms with Crippen molar-refractivity contribution < 1.29 is 4.79 Å². The molecule has 0 spiro atoms. The number of hydrogen-bond donors (Lipinski definition) is 1. The second-order valence-corrected chi connectivity index (χ2v) is 5.72. The van der Waals surface area contributed by atoms with Gasteiger partial charge < -0.3 is 5.32 Å². The van der Waals surface area contributed by atoms with Gasteiger partial charge in [-0.1, -0.05) is 30.3 Å². The van der Waals surface area contributed by atoms with Crippen molar-refractivity contribution in [3.63, 3.8) is 0 Å². The summed E-state index contributed by atoms with van der Waals surface area (Å²) in [6.07, 6.45) is 4.57. The Bertz CT molecular complexity index is 513. The van der Waals surface area contributed by atoms with E-state index >= 15 is 0 Å². The van der Waals surface area contributed by atoms with Crippen molar-refractivity contribution >= 4 is 5.91 Å². The number of benzene rings is 1. The Hall–Kier alpha value is -1.82. The molecule has 98 valence electrons. The molecule has 0 aromatic heterocycles. The highest BCUT2D eigenvalue weighted by atomic mass is 16.2. The van der Waals surface area contributed by atoms with E-state index in [1.54, 1.807) is 0 Å². The summed E-state index contributed by atoms with van der Waals surface area (Å²) in [6, 6.07) is 12.7. The van der Waals surface area contributed by atoms with Gasteiger partial charge in [-0.3, -0.25) is 4.79 Å². The maximum Gasteiger partial charge on any atom is 0.240 e. The maximum atomic E-state index is 12.2. The fourth-order valence-corrected chi connectivity index (χ4v) is 3.00. The Morgan fingerprint density at radius 3 is 2.47 bits per heavy atom. The van der Waals surface area contributed by atoms with Crippen molar-refractivity contribution in [2.45, 2.75) is 44.1 Å². The van der Waals surface area contributed by atoms with Gasteiger partial charge in [-0.15, -0.1) is 0 Å². The van der Waals surface area contributed by atoms with E-state index < -0.39 is 5.41 Å². The van der Waals surface area contributed by atoms with Gasteiger partial charge in [-0.2, -0.15) is 5.26 Å². The van der Waals surface area contributed by atoms with Crippen LogP contribution in [0.15, 0.2) is 30.3 Å². The Morgan fingerprint density at radius 2 is 2.00 bits per heavy atom. The SMILES string of the molecule is N#CC1(C(=O)N[C@@H]2CC[C@@H]2c2ccccc2)CCC1. The second-order valence-electron chi connectivity index (χ2n) is 5.72. The molecule has 0 saturated heterocycles. The van der Waals surface area contributed by atoms with Crippen LogP contribution in [0.2, 0.25) is 0 Å². The van der Waals surface area contributed by atoms with Crippen molar-refractivity contribution in [1.29, 1.82) is 5.26 Å². The van der Waals surface area contributed by atoms with Crippen LogP contribution in [0, 0.1) is 16.7 Å². The Morgan fingerprint density at radius 1 is 1.26 bits per heavy atom. The Labute approximate surface area is 113 Å². The van der Waals surface area contributed by atoms with Gasteiger partial charge >= 0.3 is 0 Å². The topological polar surface area (TPSA) is 52.9 Å². The smallest absolute Gasteiger partial charge is 0.240 e. The van der Waals surface area contributed by atoms with Crippen LogP contribution in [-0.2, 0) is 4.79 Å². The third kappa shape index (κ3) is 2.02. The van der Waals surface area contributed by atoms with E-state index in [4.69, 9.17) is 0 Å². The highest BCUT2D eigenvalue weighted by Gasteiger charge is 2.46. The average Bonchev–Trinajstić information content (AvgIpc) is 2.35. The standard InChI is InChI=1S/C16H18N2O/c17-11-16(9-4-10-16)15(19)18-14-8-7-13(14)12-5-2-1-3-6-12/h1-3,5-6,13-14H,4,7-10H2,(H,18,19)/t13-,14-/m1/s1. The summed E-state index contributed by atoms with van der Waals surface area (Å²) in [6.45, 7) is 0. The summed E-state index contributed by atoms with van der Waals surface area (Å²) in [5.74, 6) is 0.368. The van der Waals surface area contributed by atoms with Gasteiger partial charge in [-0.25, -0.2) is 0 Å². The first-order valence-electron chi connectivity index (χ1n) is 7.02. The van der Waals surface area contributed by atoms with Crippen LogP contribution in [-0.4, -0.2) is 11.9 Å². The van der Waals surface area contributed by atoms with Gasteiger partial charge in [0.05, 0.1) is 6.07 Å². The molecule has 3 rings (SSSR count). The second kappa shape index (κ2) is 4.70. The zero-order valence-electron chi connectivity index (χ0n) is 10.9. The minimum absolute atomic E-state index is 0.0492. The van der Waals surface area contributed by atoms with Gasteiger partial charge in [0.1, 0.15) is 5.41 Å². The normalized spacial score (nSPS) is 27.5. The molecule has 1 amide bonds. The van der Waals surface area contributed by atoms with Gasteiger partial charge in [-0.05, 0) is 37.7 Å².